The van der Waals surface area contributed by atoms with Gasteiger partial charge in [-0.2, -0.15) is 0 Å². The largest absolute Gasteiger partial charge is 0.397 e. The average Bonchev–Trinajstić information content (AvgIpc) is 2.32. The van der Waals surface area contributed by atoms with Gasteiger partial charge in [-0.1, -0.05) is 32.6 Å². The molecule has 1 heterocycles. The van der Waals surface area contributed by atoms with Gasteiger partial charge in [0.25, 0.3) is 0 Å². The number of halogens is 1. The summed E-state index contributed by atoms with van der Waals surface area (Å²) in [5.74, 6) is 0.534. The average molecular weight is 314 g/mol. The van der Waals surface area contributed by atoms with Gasteiger partial charge in [0.15, 0.2) is 0 Å². The minimum absolute atomic E-state index is 0.00414. The van der Waals surface area contributed by atoms with Crippen LogP contribution in [0.25, 0.3) is 0 Å². The van der Waals surface area contributed by atoms with Crippen LogP contribution < -0.4 is 11.1 Å². The molecular formula is C13H20BrN3O. The summed E-state index contributed by atoms with van der Waals surface area (Å²) in [6.45, 7) is 2.18. The molecule has 1 aromatic heterocycles. The molecule has 0 aliphatic carbocycles. The lowest BCUT2D eigenvalue weighted by atomic mass is 10.1. The minimum atomic E-state index is 0.00414. The molecule has 1 aromatic rings. The topological polar surface area (TPSA) is 68.0 Å². The predicted octanol–water partition coefficient (Wildman–Crippen LogP) is 3.73. The van der Waals surface area contributed by atoms with Crippen molar-refractivity contribution in [3.05, 3.63) is 16.7 Å². The second-order valence-electron chi connectivity index (χ2n) is 4.31. The third-order valence-corrected chi connectivity index (χ3v) is 3.23. The summed E-state index contributed by atoms with van der Waals surface area (Å²) in [4.78, 5) is 15.8. The van der Waals surface area contributed by atoms with Gasteiger partial charge in [-0.3, -0.25) is 4.79 Å². The van der Waals surface area contributed by atoms with Gasteiger partial charge < -0.3 is 11.1 Å². The van der Waals surface area contributed by atoms with E-state index in [0.29, 0.717) is 22.4 Å². The van der Waals surface area contributed by atoms with E-state index in [2.05, 4.69) is 33.2 Å². The van der Waals surface area contributed by atoms with E-state index in [1.165, 1.54) is 25.5 Å². The van der Waals surface area contributed by atoms with E-state index in [-0.39, 0.29) is 5.91 Å². The molecule has 4 nitrogen and oxygen atoms in total. The van der Waals surface area contributed by atoms with Crippen LogP contribution in [0, 0.1) is 0 Å². The fourth-order valence-corrected chi connectivity index (χ4v) is 2.09. The van der Waals surface area contributed by atoms with Crippen molar-refractivity contribution in [3.8, 4) is 0 Å². The van der Waals surface area contributed by atoms with E-state index in [0.717, 1.165) is 12.8 Å². The first kappa shape index (κ1) is 15.0. The Kier molecular flexibility index (Phi) is 6.72. The first-order chi connectivity index (χ1) is 8.63. The first-order valence-electron chi connectivity index (χ1n) is 6.34. The third-order valence-electron chi connectivity index (χ3n) is 2.63. The van der Waals surface area contributed by atoms with Crippen LogP contribution in [0.4, 0.5) is 11.5 Å². The van der Waals surface area contributed by atoms with Crippen molar-refractivity contribution in [1.29, 1.82) is 0 Å². The zero-order valence-electron chi connectivity index (χ0n) is 10.7. The van der Waals surface area contributed by atoms with Crippen LogP contribution >= 0.6 is 15.9 Å². The zero-order chi connectivity index (χ0) is 13.4. The van der Waals surface area contributed by atoms with Gasteiger partial charge in [-0.05, 0) is 28.4 Å². The highest BCUT2D eigenvalue weighted by Crippen LogP contribution is 2.22. The number of carbonyl (C=O) groups is 1. The molecule has 0 fully saturated rings. The number of anilines is 2. The maximum Gasteiger partial charge on any atom is 0.225 e. The molecule has 1 rings (SSSR count). The number of unbranched alkanes of at least 4 members (excludes halogenated alkanes) is 4. The molecule has 1 amide bonds. The van der Waals surface area contributed by atoms with Gasteiger partial charge in [0, 0.05) is 6.42 Å². The molecule has 100 valence electrons. The minimum Gasteiger partial charge on any atom is -0.397 e. The molecule has 0 saturated carbocycles. The van der Waals surface area contributed by atoms with Crippen molar-refractivity contribution in [2.45, 2.75) is 45.4 Å². The maximum atomic E-state index is 11.7. The quantitative estimate of drug-likeness (QED) is 0.754. The first-order valence-corrected chi connectivity index (χ1v) is 7.13. The molecule has 0 aromatic carbocycles. The molecule has 3 N–H and O–H groups in total. The summed E-state index contributed by atoms with van der Waals surface area (Å²) in [5.41, 5.74) is 6.15. The normalized spacial score (nSPS) is 10.3. The Morgan fingerprint density at radius 3 is 2.78 bits per heavy atom. The highest BCUT2D eigenvalue weighted by molar-refractivity contribution is 9.10. The standard InChI is InChI=1S/C13H20BrN3O/c1-2-3-4-5-6-7-12(18)17-13-11(14)8-10(15)9-16-13/h8-9H,2-7,15H2,1H3,(H,16,17,18). The van der Waals surface area contributed by atoms with E-state index in [4.69, 9.17) is 5.73 Å². The smallest absolute Gasteiger partial charge is 0.225 e. The van der Waals surface area contributed by atoms with Crippen LogP contribution in [-0.4, -0.2) is 10.9 Å². The van der Waals surface area contributed by atoms with Gasteiger partial charge in [-0.25, -0.2) is 4.98 Å². The molecule has 0 bridgehead atoms. The molecule has 0 aliphatic rings. The Balaban J connectivity index is 2.31. The second-order valence-corrected chi connectivity index (χ2v) is 5.17. The van der Waals surface area contributed by atoms with Crippen molar-refractivity contribution in [3.63, 3.8) is 0 Å². The lowest BCUT2D eigenvalue weighted by Crippen LogP contribution is -2.12. The number of pyridine rings is 1. The number of hydrogen-bond donors (Lipinski definition) is 2. The third kappa shape index (κ3) is 5.49. The van der Waals surface area contributed by atoms with Crippen molar-refractivity contribution in [2.75, 3.05) is 11.1 Å². The van der Waals surface area contributed by atoms with Crippen molar-refractivity contribution < 1.29 is 4.79 Å². The zero-order valence-corrected chi connectivity index (χ0v) is 12.3. The highest BCUT2D eigenvalue weighted by Gasteiger charge is 2.06. The number of nitrogen functional groups attached to an aromatic ring is 1. The van der Waals surface area contributed by atoms with E-state index < -0.39 is 0 Å². The fourth-order valence-electron chi connectivity index (χ4n) is 1.63. The van der Waals surface area contributed by atoms with Crippen molar-refractivity contribution in [2.24, 2.45) is 0 Å². The molecule has 0 aliphatic heterocycles. The summed E-state index contributed by atoms with van der Waals surface area (Å²) in [5, 5.41) is 2.78. The van der Waals surface area contributed by atoms with E-state index >= 15 is 0 Å². The van der Waals surface area contributed by atoms with Crippen LogP contribution in [-0.2, 0) is 4.79 Å². The van der Waals surface area contributed by atoms with E-state index in [9.17, 15) is 4.79 Å². The van der Waals surface area contributed by atoms with Crippen LogP contribution in [0.2, 0.25) is 0 Å². The molecular weight excluding hydrogens is 294 g/mol. The van der Waals surface area contributed by atoms with Gasteiger partial charge in [0.05, 0.1) is 16.4 Å². The lowest BCUT2D eigenvalue weighted by Gasteiger charge is -2.06. The molecule has 5 heteroatoms. The molecule has 0 saturated heterocycles. The monoisotopic (exact) mass is 313 g/mol. The van der Waals surface area contributed by atoms with E-state index in [1.54, 1.807) is 6.07 Å². The SMILES string of the molecule is CCCCCCCC(=O)Nc1ncc(N)cc1Br. The van der Waals surface area contributed by atoms with Gasteiger partial charge in [0.1, 0.15) is 5.82 Å². The second kappa shape index (κ2) is 8.08. The van der Waals surface area contributed by atoms with Crippen molar-refractivity contribution >= 4 is 33.3 Å². The molecule has 0 spiro atoms. The van der Waals surface area contributed by atoms with E-state index in [1.807, 2.05) is 0 Å². The van der Waals surface area contributed by atoms with Crippen LogP contribution in [0.15, 0.2) is 16.7 Å². The number of nitrogens with two attached hydrogens (primary N) is 1. The van der Waals surface area contributed by atoms with Crippen LogP contribution in [0.3, 0.4) is 0 Å². The summed E-state index contributed by atoms with van der Waals surface area (Å²) < 4.78 is 0.710. The van der Waals surface area contributed by atoms with Crippen LogP contribution in [0.1, 0.15) is 45.4 Å². The Bertz CT molecular complexity index is 396. The number of nitrogens with one attached hydrogen (secondary N) is 1. The van der Waals surface area contributed by atoms with Crippen molar-refractivity contribution in [1.82, 2.24) is 4.98 Å². The Morgan fingerprint density at radius 1 is 1.39 bits per heavy atom. The lowest BCUT2D eigenvalue weighted by molar-refractivity contribution is -0.116. The maximum absolute atomic E-state index is 11.7. The molecule has 18 heavy (non-hydrogen) atoms. The molecule has 0 unspecified atom stereocenters. The van der Waals surface area contributed by atoms with Gasteiger partial charge in [0.2, 0.25) is 5.91 Å². The Labute approximate surface area is 116 Å². The Hall–Kier alpha value is -1.10. The fraction of sp³-hybridized carbons (Fsp3) is 0.538. The summed E-state index contributed by atoms with van der Waals surface area (Å²) in [7, 11) is 0. The number of nitrogens with zero attached hydrogens (tertiary/aromatic N) is 1. The number of rotatable bonds is 7. The molecule has 0 radical (unpaired) electrons. The summed E-state index contributed by atoms with van der Waals surface area (Å²) >= 11 is 3.32. The Morgan fingerprint density at radius 2 is 2.11 bits per heavy atom. The number of amides is 1. The number of hydrogen-bond acceptors (Lipinski definition) is 3. The number of carbonyl (C=O) groups excluding carboxylic acids is 1. The highest BCUT2D eigenvalue weighted by atomic mass is 79.9. The number of aromatic nitrogens is 1. The summed E-state index contributed by atoms with van der Waals surface area (Å²) in [6, 6.07) is 1.73. The van der Waals surface area contributed by atoms with Gasteiger partial charge in [-0.15, -0.1) is 0 Å². The predicted molar refractivity (Wildman–Crippen MR) is 78.4 cm³/mol. The van der Waals surface area contributed by atoms with Crippen LogP contribution in [0.5, 0.6) is 0 Å². The molecule has 0 atom stereocenters. The summed E-state index contributed by atoms with van der Waals surface area (Å²) in [6.07, 6.45) is 7.77. The van der Waals surface area contributed by atoms with Gasteiger partial charge >= 0.3 is 0 Å².